The van der Waals surface area contributed by atoms with Crippen LogP contribution in [-0.4, -0.2) is 17.0 Å². The fraction of sp³-hybridized carbons (Fsp3) is 0.333. The number of aliphatic carboxylic acids is 1. The molecule has 4 heteroatoms. The van der Waals surface area contributed by atoms with Crippen molar-refractivity contribution in [3.8, 4) is 0 Å². The van der Waals surface area contributed by atoms with Crippen molar-refractivity contribution in [1.29, 1.82) is 0 Å². The first-order valence-corrected chi connectivity index (χ1v) is 4.95. The third-order valence-corrected chi connectivity index (χ3v) is 2.48. The molecule has 0 radical (unpaired) electrons. The molecule has 0 saturated heterocycles. The van der Waals surface area contributed by atoms with Crippen LogP contribution in [-0.2, 0) is 15.1 Å². The predicted molar refractivity (Wildman–Crippen MR) is 60.0 cm³/mol. The summed E-state index contributed by atoms with van der Waals surface area (Å²) in [4.78, 5) is 22.3. The molecular formula is C12H15NO3. The lowest BCUT2D eigenvalue weighted by Gasteiger charge is -2.26. The van der Waals surface area contributed by atoms with E-state index in [9.17, 15) is 14.7 Å². The molecule has 16 heavy (non-hydrogen) atoms. The van der Waals surface area contributed by atoms with Crippen molar-refractivity contribution in [3.63, 3.8) is 0 Å². The molecule has 0 aliphatic rings. The average molecular weight is 221 g/mol. The SMILES string of the molecule is CC(=O)N[C@@](C)(C(=O)O)c1ccc(C)cc1. The van der Waals surface area contributed by atoms with Crippen LogP contribution in [0, 0.1) is 6.92 Å². The molecule has 0 fully saturated rings. The second-order valence-electron chi connectivity index (χ2n) is 3.98. The van der Waals surface area contributed by atoms with Gasteiger partial charge in [-0.2, -0.15) is 0 Å². The molecule has 0 bridgehead atoms. The molecule has 1 aromatic rings. The maximum atomic E-state index is 11.2. The Morgan fingerprint density at radius 2 is 1.75 bits per heavy atom. The minimum Gasteiger partial charge on any atom is -0.479 e. The van der Waals surface area contributed by atoms with E-state index >= 15 is 0 Å². The van der Waals surface area contributed by atoms with Gasteiger partial charge in [-0.3, -0.25) is 4.79 Å². The number of carboxylic acid groups (broad SMARTS) is 1. The van der Waals surface area contributed by atoms with E-state index in [1.165, 1.54) is 13.8 Å². The Hall–Kier alpha value is -1.84. The van der Waals surface area contributed by atoms with Crippen LogP contribution in [0.2, 0.25) is 0 Å². The predicted octanol–water partition coefficient (Wildman–Crippen LogP) is 1.43. The fourth-order valence-electron chi connectivity index (χ4n) is 1.49. The minimum absolute atomic E-state index is 0.370. The molecule has 4 nitrogen and oxygen atoms in total. The van der Waals surface area contributed by atoms with Crippen molar-refractivity contribution in [2.75, 3.05) is 0 Å². The number of aryl methyl sites for hydroxylation is 1. The number of carbonyl (C=O) groups is 2. The molecule has 0 spiro atoms. The molecule has 1 aromatic carbocycles. The van der Waals surface area contributed by atoms with E-state index in [0.29, 0.717) is 5.56 Å². The van der Waals surface area contributed by atoms with Gasteiger partial charge in [0.1, 0.15) is 0 Å². The molecule has 0 aliphatic heterocycles. The zero-order chi connectivity index (χ0) is 12.3. The summed E-state index contributed by atoms with van der Waals surface area (Å²) in [5.41, 5.74) is 0.222. The lowest BCUT2D eigenvalue weighted by Crippen LogP contribution is -2.48. The highest BCUT2D eigenvalue weighted by molar-refractivity contribution is 5.86. The summed E-state index contributed by atoms with van der Waals surface area (Å²) in [5.74, 6) is -1.45. The molecule has 2 N–H and O–H groups in total. The molecule has 0 saturated carbocycles. The van der Waals surface area contributed by atoms with Crippen molar-refractivity contribution in [2.45, 2.75) is 26.3 Å². The van der Waals surface area contributed by atoms with Crippen molar-refractivity contribution >= 4 is 11.9 Å². The monoisotopic (exact) mass is 221 g/mol. The molecular weight excluding hydrogens is 206 g/mol. The Bertz CT molecular complexity index is 411. The second kappa shape index (κ2) is 4.35. The van der Waals surface area contributed by atoms with Gasteiger partial charge < -0.3 is 10.4 Å². The molecule has 0 unspecified atom stereocenters. The van der Waals surface area contributed by atoms with Gasteiger partial charge in [0.05, 0.1) is 0 Å². The molecule has 86 valence electrons. The van der Waals surface area contributed by atoms with E-state index in [1.807, 2.05) is 19.1 Å². The Morgan fingerprint density at radius 3 is 2.12 bits per heavy atom. The highest BCUT2D eigenvalue weighted by Gasteiger charge is 2.35. The zero-order valence-electron chi connectivity index (χ0n) is 9.57. The van der Waals surface area contributed by atoms with Crippen molar-refractivity contribution in [3.05, 3.63) is 35.4 Å². The number of hydrogen-bond donors (Lipinski definition) is 2. The van der Waals surface area contributed by atoms with Gasteiger partial charge >= 0.3 is 5.97 Å². The van der Waals surface area contributed by atoms with E-state index in [-0.39, 0.29) is 5.91 Å². The van der Waals surface area contributed by atoms with Gasteiger partial charge in [-0.15, -0.1) is 0 Å². The van der Waals surface area contributed by atoms with Crippen LogP contribution in [0.3, 0.4) is 0 Å². The summed E-state index contributed by atoms with van der Waals surface area (Å²) < 4.78 is 0. The topological polar surface area (TPSA) is 66.4 Å². The summed E-state index contributed by atoms with van der Waals surface area (Å²) in [5, 5.41) is 11.6. The van der Waals surface area contributed by atoms with Gasteiger partial charge in [0.2, 0.25) is 5.91 Å². The van der Waals surface area contributed by atoms with E-state index in [2.05, 4.69) is 5.32 Å². The van der Waals surface area contributed by atoms with E-state index < -0.39 is 11.5 Å². The zero-order valence-corrected chi connectivity index (χ0v) is 9.57. The van der Waals surface area contributed by atoms with Gasteiger partial charge in [0, 0.05) is 6.92 Å². The van der Waals surface area contributed by atoms with Gasteiger partial charge in [0.25, 0.3) is 0 Å². The third-order valence-electron chi connectivity index (χ3n) is 2.48. The number of hydrogen-bond acceptors (Lipinski definition) is 2. The van der Waals surface area contributed by atoms with Crippen LogP contribution >= 0.6 is 0 Å². The summed E-state index contributed by atoms with van der Waals surface area (Å²) in [6.45, 7) is 4.69. The van der Waals surface area contributed by atoms with Gasteiger partial charge in [0.15, 0.2) is 5.54 Å². The third kappa shape index (κ3) is 2.39. The standard InChI is InChI=1S/C12H15NO3/c1-8-4-6-10(7-5-8)12(3,11(15)16)13-9(2)14/h4-7H,1-3H3,(H,13,14)(H,15,16)/t12-/m1/s1. The lowest BCUT2D eigenvalue weighted by atomic mass is 9.91. The van der Waals surface area contributed by atoms with Crippen molar-refractivity contribution in [2.24, 2.45) is 0 Å². The molecule has 1 atom stereocenters. The van der Waals surface area contributed by atoms with Crippen LogP contribution in [0.5, 0.6) is 0 Å². The minimum atomic E-state index is -1.38. The Labute approximate surface area is 94.3 Å². The fourth-order valence-corrected chi connectivity index (χ4v) is 1.49. The summed E-state index contributed by atoms with van der Waals surface area (Å²) in [6.07, 6.45) is 0. The number of rotatable bonds is 3. The average Bonchev–Trinajstić information content (AvgIpc) is 2.17. The van der Waals surface area contributed by atoms with E-state index in [4.69, 9.17) is 0 Å². The second-order valence-corrected chi connectivity index (χ2v) is 3.98. The maximum Gasteiger partial charge on any atom is 0.333 e. The van der Waals surface area contributed by atoms with Crippen molar-refractivity contribution < 1.29 is 14.7 Å². The van der Waals surface area contributed by atoms with Crippen LogP contribution in [0.25, 0.3) is 0 Å². The summed E-state index contributed by atoms with van der Waals surface area (Å²) >= 11 is 0. The molecule has 0 aliphatic carbocycles. The normalized spacial score (nSPS) is 13.9. The van der Waals surface area contributed by atoms with Gasteiger partial charge in [-0.25, -0.2) is 4.79 Å². The maximum absolute atomic E-state index is 11.2. The number of carboxylic acids is 1. The van der Waals surface area contributed by atoms with Crippen LogP contribution in [0.1, 0.15) is 25.0 Å². The first kappa shape index (κ1) is 12.2. The van der Waals surface area contributed by atoms with Crippen molar-refractivity contribution in [1.82, 2.24) is 5.32 Å². The highest BCUT2D eigenvalue weighted by atomic mass is 16.4. The van der Waals surface area contributed by atoms with Crippen LogP contribution in [0.15, 0.2) is 24.3 Å². The number of benzene rings is 1. The molecule has 1 amide bonds. The largest absolute Gasteiger partial charge is 0.479 e. The first-order chi connectivity index (χ1) is 7.36. The van der Waals surface area contributed by atoms with Crippen LogP contribution < -0.4 is 5.32 Å². The highest BCUT2D eigenvalue weighted by Crippen LogP contribution is 2.21. The lowest BCUT2D eigenvalue weighted by molar-refractivity contribution is -0.147. The Balaban J connectivity index is 3.16. The van der Waals surface area contributed by atoms with Gasteiger partial charge in [-0.05, 0) is 19.4 Å². The van der Waals surface area contributed by atoms with Crippen LogP contribution in [0.4, 0.5) is 0 Å². The summed E-state index contributed by atoms with van der Waals surface area (Å²) in [7, 11) is 0. The van der Waals surface area contributed by atoms with E-state index in [0.717, 1.165) is 5.56 Å². The smallest absolute Gasteiger partial charge is 0.333 e. The first-order valence-electron chi connectivity index (χ1n) is 4.95. The quantitative estimate of drug-likeness (QED) is 0.811. The number of amides is 1. The summed E-state index contributed by atoms with van der Waals surface area (Å²) in [6, 6.07) is 7.05. The number of nitrogens with one attached hydrogen (secondary N) is 1. The van der Waals surface area contributed by atoms with E-state index in [1.54, 1.807) is 12.1 Å². The molecule has 1 rings (SSSR count). The molecule has 0 heterocycles. The Morgan fingerprint density at radius 1 is 1.25 bits per heavy atom. The molecule has 0 aromatic heterocycles. The Kier molecular flexibility index (Phi) is 3.32. The number of carbonyl (C=O) groups excluding carboxylic acids is 1. The van der Waals surface area contributed by atoms with Gasteiger partial charge in [-0.1, -0.05) is 29.8 Å².